The molecule has 3 aromatic heterocycles. The zero-order valence-electron chi connectivity index (χ0n) is 13.2. The maximum Gasteiger partial charge on any atom is 0.425 e. The smallest absolute Gasteiger partial charge is 0.425 e. The summed E-state index contributed by atoms with van der Waals surface area (Å²) in [4.78, 5) is 3.50. The van der Waals surface area contributed by atoms with E-state index in [1.165, 1.54) is 12.1 Å². The Balaban J connectivity index is 1.96. The summed E-state index contributed by atoms with van der Waals surface area (Å²) in [5, 5.41) is 6.71. The summed E-state index contributed by atoms with van der Waals surface area (Å²) >= 11 is 4.93. The largest absolute Gasteiger partial charge is 0.463 e. The first kappa shape index (κ1) is 19.1. The van der Waals surface area contributed by atoms with Crippen LogP contribution in [-0.4, -0.2) is 37.1 Å². The second-order valence-electron chi connectivity index (χ2n) is 5.32. The summed E-state index contributed by atoms with van der Waals surface area (Å²) < 4.78 is 83.3. The van der Waals surface area contributed by atoms with Crippen LogP contribution in [0.1, 0.15) is 12.7 Å². The third-order valence-corrected chi connectivity index (χ3v) is 3.54. The third kappa shape index (κ3) is 3.89. The van der Waals surface area contributed by atoms with Gasteiger partial charge in [-0.3, -0.25) is 0 Å². The van der Waals surface area contributed by atoms with Gasteiger partial charge in [0.05, 0.1) is 5.69 Å². The van der Waals surface area contributed by atoms with E-state index in [1.807, 2.05) is 0 Å². The number of rotatable bonds is 4. The predicted octanol–water partition coefficient (Wildman–Crippen LogP) is 3.94. The van der Waals surface area contributed by atoms with E-state index in [0.717, 1.165) is 12.3 Å². The quantitative estimate of drug-likeness (QED) is 0.480. The fraction of sp³-hybridized carbons (Fsp3) is 0.286. The average Bonchev–Trinajstić information content (AvgIpc) is 2.99. The van der Waals surface area contributed by atoms with Crippen molar-refractivity contribution in [2.45, 2.75) is 24.6 Å². The monoisotopic (exact) mass is 411 g/mol. The van der Waals surface area contributed by atoms with Crippen LogP contribution in [0.5, 0.6) is 5.88 Å². The fourth-order valence-corrected chi connectivity index (χ4v) is 2.12. The van der Waals surface area contributed by atoms with Gasteiger partial charge in [-0.15, -0.1) is 10.2 Å². The van der Waals surface area contributed by atoms with Crippen LogP contribution in [-0.2, 0) is 5.38 Å². The predicted molar refractivity (Wildman–Crippen MR) is 79.9 cm³/mol. The SMILES string of the molecule is C[C@H](Oc1ncc(-c2ccc3nnc(C(F)(F)Cl)n3n2)cc1F)C(F)(F)F. The Morgan fingerprint density at radius 1 is 1.15 bits per heavy atom. The van der Waals surface area contributed by atoms with Crippen molar-refractivity contribution < 1.29 is 31.1 Å². The van der Waals surface area contributed by atoms with Crippen molar-refractivity contribution in [3.8, 4) is 17.1 Å². The second kappa shape index (κ2) is 6.51. The first-order chi connectivity index (χ1) is 12.5. The van der Waals surface area contributed by atoms with Gasteiger partial charge < -0.3 is 4.74 Å². The molecule has 27 heavy (non-hydrogen) atoms. The van der Waals surface area contributed by atoms with E-state index >= 15 is 0 Å². The molecule has 3 heterocycles. The normalized spacial score (nSPS) is 13.8. The number of halogens is 7. The summed E-state index contributed by atoms with van der Waals surface area (Å²) in [6.07, 6.45) is -5.99. The maximum absolute atomic E-state index is 14.1. The van der Waals surface area contributed by atoms with Crippen LogP contribution in [0.2, 0.25) is 0 Å². The van der Waals surface area contributed by atoms with Crippen LogP contribution in [0.3, 0.4) is 0 Å². The lowest BCUT2D eigenvalue weighted by molar-refractivity contribution is -0.190. The highest BCUT2D eigenvalue weighted by Gasteiger charge is 2.39. The van der Waals surface area contributed by atoms with Gasteiger partial charge in [0.2, 0.25) is 5.82 Å². The molecule has 144 valence electrons. The van der Waals surface area contributed by atoms with Gasteiger partial charge in [-0.2, -0.15) is 31.6 Å². The Labute approximate surface area is 151 Å². The Hall–Kier alpha value is -2.63. The van der Waals surface area contributed by atoms with Gasteiger partial charge in [-0.25, -0.2) is 9.37 Å². The van der Waals surface area contributed by atoms with Gasteiger partial charge in [0, 0.05) is 11.8 Å². The van der Waals surface area contributed by atoms with Crippen molar-refractivity contribution in [1.29, 1.82) is 0 Å². The lowest BCUT2D eigenvalue weighted by Crippen LogP contribution is -2.31. The van der Waals surface area contributed by atoms with Crippen molar-refractivity contribution in [1.82, 2.24) is 24.8 Å². The van der Waals surface area contributed by atoms with E-state index in [1.54, 1.807) is 0 Å². The minimum Gasteiger partial charge on any atom is -0.463 e. The van der Waals surface area contributed by atoms with E-state index in [0.29, 0.717) is 11.4 Å². The Bertz CT molecular complexity index is 986. The highest BCUT2D eigenvalue weighted by atomic mass is 35.5. The molecule has 0 N–H and O–H groups in total. The molecule has 0 saturated carbocycles. The molecule has 0 saturated heterocycles. The van der Waals surface area contributed by atoms with Crippen LogP contribution < -0.4 is 4.74 Å². The van der Waals surface area contributed by atoms with Crippen molar-refractivity contribution >= 4 is 17.2 Å². The molecule has 0 fully saturated rings. The van der Waals surface area contributed by atoms with Crippen molar-refractivity contribution in [2.75, 3.05) is 0 Å². The van der Waals surface area contributed by atoms with Crippen molar-refractivity contribution in [3.05, 3.63) is 36.0 Å². The molecule has 0 aliphatic carbocycles. The van der Waals surface area contributed by atoms with Gasteiger partial charge in [0.1, 0.15) is 0 Å². The first-order valence-corrected chi connectivity index (χ1v) is 7.53. The van der Waals surface area contributed by atoms with E-state index in [-0.39, 0.29) is 16.9 Å². The number of nitrogens with zero attached hydrogens (tertiary/aromatic N) is 5. The van der Waals surface area contributed by atoms with E-state index < -0.39 is 35.2 Å². The van der Waals surface area contributed by atoms with Crippen molar-refractivity contribution in [2.24, 2.45) is 0 Å². The molecule has 0 bridgehead atoms. The summed E-state index contributed by atoms with van der Waals surface area (Å²) in [6, 6.07) is 3.40. The topological polar surface area (TPSA) is 65.2 Å². The summed E-state index contributed by atoms with van der Waals surface area (Å²) in [7, 11) is 0. The lowest BCUT2D eigenvalue weighted by atomic mass is 10.2. The third-order valence-electron chi connectivity index (χ3n) is 3.37. The number of hydrogen-bond donors (Lipinski definition) is 0. The zero-order valence-corrected chi connectivity index (χ0v) is 13.9. The molecule has 3 rings (SSSR count). The molecule has 6 nitrogen and oxygen atoms in total. The number of hydrogen-bond acceptors (Lipinski definition) is 5. The molecule has 1 atom stereocenters. The molecule has 0 spiro atoms. The van der Waals surface area contributed by atoms with Gasteiger partial charge in [-0.1, -0.05) is 0 Å². The summed E-state index contributed by atoms with van der Waals surface area (Å²) in [6.45, 7) is 0.699. The van der Waals surface area contributed by atoms with Crippen molar-refractivity contribution in [3.63, 3.8) is 0 Å². The van der Waals surface area contributed by atoms with E-state index in [4.69, 9.17) is 11.6 Å². The minimum absolute atomic E-state index is 0.000972. The van der Waals surface area contributed by atoms with Crippen LogP contribution in [0.15, 0.2) is 24.4 Å². The minimum atomic E-state index is -4.70. The first-order valence-electron chi connectivity index (χ1n) is 7.16. The molecule has 13 heteroatoms. The fourth-order valence-electron chi connectivity index (χ4n) is 2.01. The molecular formula is C14H8ClF6N5O. The molecule has 0 radical (unpaired) electrons. The zero-order chi connectivity index (χ0) is 20.0. The number of fused-ring (bicyclic) bond motifs is 1. The lowest BCUT2D eigenvalue weighted by Gasteiger charge is -2.17. The second-order valence-corrected chi connectivity index (χ2v) is 5.80. The van der Waals surface area contributed by atoms with Gasteiger partial charge >= 0.3 is 11.6 Å². The van der Waals surface area contributed by atoms with E-state index in [9.17, 15) is 26.3 Å². The van der Waals surface area contributed by atoms with Gasteiger partial charge in [-0.05, 0) is 36.7 Å². The van der Waals surface area contributed by atoms with Crippen LogP contribution >= 0.6 is 11.6 Å². The molecule has 0 aromatic carbocycles. The molecule has 0 aliphatic heterocycles. The van der Waals surface area contributed by atoms with Gasteiger partial charge in [0.25, 0.3) is 5.88 Å². The number of ether oxygens (including phenoxy) is 1. The summed E-state index contributed by atoms with van der Waals surface area (Å²) in [5.41, 5.74) is -0.0632. The standard InChI is InChI=1S/C14H8ClF6N5O/c1-6(14(19,20)21)27-11-8(16)4-7(5-22-11)9-2-3-10-23-24-12(13(15,17)18)26(10)25-9/h2-6H,1H3/t6-/m0/s1. The Morgan fingerprint density at radius 2 is 1.85 bits per heavy atom. The van der Waals surface area contributed by atoms with Crippen LogP contribution in [0, 0.1) is 5.82 Å². The number of alkyl halides is 6. The van der Waals surface area contributed by atoms with E-state index in [2.05, 4.69) is 25.0 Å². The molecule has 0 amide bonds. The summed E-state index contributed by atoms with van der Waals surface area (Å²) in [5.74, 6) is -2.99. The van der Waals surface area contributed by atoms with Gasteiger partial charge in [0.15, 0.2) is 17.6 Å². The Kier molecular flexibility index (Phi) is 4.62. The molecule has 0 aliphatic rings. The van der Waals surface area contributed by atoms with Crippen LogP contribution in [0.4, 0.5) is 26.3 Å². The number of aromatic nitrogens is 5. The highest BCUT2D eigenvalue weighted by Crippen LogP contribution is 2.31. The number of pyridine rings is 1. The maximum atomic E-state index is 14.1. The van der Waals surface area contributed by atoms with Crippen LogP contribution in [0.25, 0.3) is 16.9 Å². The highest BCUT2D eigenvalue weighted by molar-refractivity contribution is 6.21. The molecule has 3 aromatic rings. The average molecular weight is 412 g/mol. The molecular weight excluding hydrogens is 404 g/mol. The molecule has 0 unspecified atom stereocenters. The Morgan fingerprint density at radius 3 is 2.44 bits per heavy atom.